The minimum atomic E-state index is -3.93. The molecule has 0 saturated heterocycles. The van der Waals surface area contributed by atoms with E-state index in [1.165, 1.54) is 18.5 Å². The predicted octanol–water partition coefficient (Wildman–Crippen LogP) is 3.59. The third-order valence-corrected chi connectivity index (χ3v) is 5.68. The lowest BCUT2D eigenvalue weighted by atomic mass is 10.2. The molecule has 0 spiro atoms. The first-order valence-electron chi connectivity index (χ1n) is 9.18. The Labute approximate surface area is 179 Å². The fourth-order valence-corrected chi connectivity index (χ4v) is 3.84. The summed E-state index contributed by atoms with van der Waals surface area (Å²) in [7, 11) is -0.840. The van der Waals surface area contributed by atoms with Crippen LogP contribution < -0.4 is 19.5 Å². The van der Waals surface area contributed by atoms with E-state index in [4.69, 9.17) is 9.47 Å². The number of methoxy groups -OCH3 is 2. The highest BCUT2D eigenvalue weighted by Gasteiger charge is 2.19. The fraction of sp³-hybridized carbons (Fsp3) is 0.0952. The SMILES string of the molecule is COc1cc(Nc2nc3ccccc3nc2NS(=O)(=O)c2cccnc2)cc(OC)c1. The van der Waals surface area contributed by atoms with Gasteiger partial charge in [-0.15, -0.1) is 0 Å². The van der Waals surface area contributed by atoms with E-state index in [1.54, 1.807) is 56.7 Å². The van der Waals surface area contributed by atoms with Crippen LogP contribution in [-0.2, 0) is 10.0 Å². The maximum atomic E-state index is 12.9. The summed E-state index contributed by atoms with van der Waals surface area (Å²) in [6, 6.07) is 15.4. The van der Waals surface area contributed by atoms with E-state index in [9.17, 15) is 8.42 Å². The second-order valence-electron chi connectivity index (χ2n) is 6.43. The van der Waals surface area contributed by atoms with Crippen molar-refractivity contribution in [2.24, 2.45) is 0 Å². The van der Waals surface area contributed by atoms with Crippen LogP contribution in [-0.4, -0.2) is 37.6 Å². The topological polar surface area (TPSA) is 115 Å². The number of ether oxygens (including phenoxy) is 2. The summed E-state index contributed by atoms with van der Waals surface area (Å²) in [5, 5.41) is 3.11. The Morgan fingerprint density at radius 2 is 1.48 bits per heavy atom. The molecule has 9 nitrogen and oxygen atoms in total. The van der Waals surface area contributed by atoms with Crippen molar-refractivity contribution in [2.75, 3.05) is 24.3 Å². The van der Waals surface area contributed by atoms with E-state index < -0.39 is 10.0 Å². The van der Waals surface area contributed by atoms with Crippen molar-refractivity contribution >= 4 is 38.4 Å². The number of para-hydroxylation sites is 2. The van der Waals surface area contributed by atoms with Gasteiger partial charge in [-0.1, -0.05) is 12.1 Å². The van der Waals surface area contributed by atoms with Gasteiger partial charge in [-0.25, -0.2) is 18.4 Å². The van der Waals surface area contributed by atoms with Crippen molar-refractivity contribution in [3.63, 3.8) is 0 Å². The van der Waals surface area contributed by atoms with Gasteiger partial charge in [-0.05, 0) is 24.3 Å². The fourth-order valence-electron chi connectivity index (χ4n) is 2.87. The molecule has 0 aliphatic heterocycles. The molecule has 2 heterocycles. The monoisotopic (exact) mass is 437 g/mol. The number of nitrogens with zero attached hydrogens (tertiary/aromatic N) is 3. The Hall–Kier alpha value is -3.92. The highest BCUT2D eigenvalue weighted by atomic mass is 32.2. The molecule has 0 bridgehead atoms. The standard InChI is InChI=1S/C21H19N5O4S/c1-29-15-10-14(11-16(12-15)30-2)23-20-21(25-19-8-4-3-7-18(19)24-20)26-31(27,28)17-6-5-9-22-13-17/h3-13H,1-2H3,(H,23,24)(H,25,26). The largest absolute Gasteiger partial charge is 0.497 e. The zero-order chi connectivity index (χ0) is 21.8. The lowest BCUT2D eigenvalue weighted by Crippen LogP contribution is -2.16. The average Bonchev–Trinajstić information content (AvgIpc) is 2.79. The smallest absolute Gasteiger partial charge is 0.264 e. The number of fused-ring (bicyclic) bond motifs is 1. The van der Waals surface area contributed by atoms with Gasteiger partial charge in [0.25, 0.3) is 10.0 Å². The molecular formula is C21H19N5O4S. The molecular weight excluding hydrogens is 418 g/mol. The van der Waals surface area contributed by atoms with Crippen LogP contribution in [0, 0.1) is 0 Å². The van der Waals surface area contributed by atoms with Crippen molar-refractivity contribution in [1.29, 1.82) is 0 Å². The second kappa shape index (κ2) is 8.44. The van der Waals surface area contributed by atoms with Crippen molar-refractivity contribution in [2.45, 2.75) is 4.90 Å². The van der Waals surface area contributed by atoms with E-state index in [-0.39, 0.29) is 16.5 Å². The quantitative estimate of drug-likeness (QED) is 0.451. The predicted molar refractivity (Wildman–Crippen MR) is 117 cm³/mol. The average molecular weight is 437 g/mol. The molecule has 2 aromatic heterocycles. The number of benzene rings is 2. The van der Waals surface area contributed by atoms with Gasteiger partial charge in [0.15, 0.2) is 11.6 Å². The Balaban J connectivity index is 1.79. The third kappa shape index (κ3) is 4.48. The second-order valence-corrected chi connectivity index (χ2v) is 8.11. The summed E-state index contributed by atoms with van der Waals surface area (Å²) in [6.45, 7) is 0. The van der Waals surface area contributed by atoms with Crippen molar-refractivity contribution in [3.8, 4) is 11.5 Å². The normalized spacial score (nSPS) is 11.2. The van der Waals surface area contributed by atoms with Crippen LogP contribution in [0.2, 0.25) is 0 Å². The molecule has 4 aromatic rings. The summed E-state index contributed by atoms with van der Waals surface area (Å²) < 4.78 is 38.8. The highest BCUT2D eigenvalue weighted by molar-refractivity contribution is 7.92. The van der Waals surface area contributed by atoms with Gasteiger partial charge in [-0.2, -0.15) is 0 Å². The molecule has 2 N–H and O–H groups in total. The molecule has 0 unspecified atom stereocenters. The van der Waals surface area contributed by atoms with Gasteiger partial charge in [0.1, 0.15) is 16.4 Å². The molecule has 10 heteroatoms. The molecule has 0 radical (unpaired) electrons. The zero-order valence-electron chi connectivity index (χ0n) is 16.7. The van der Waals surface area contributed by atoms with Gasteiger partial charge in [0.05, 0.1) is 25.3 Å². The van der Waals surface area contributed by atoms with Crippen LogP contribution in [0.5, 0.6) is 11.5 Å². The maximum absolute atomic E-state index is 12.9. The molecule has 0 aliphatic carbocycles. The van der Waals surface area contributed by atoms with Gasteiger partial charge < -0.3 is 14.8 Å². The molecule has 31 heavy (non-hydrogen) atoms. The van der Waals surface area contributed by atoms with Crippen LogP contribution in [0.3, 0.4) is 0 Å². The van der Waals surface area contributed by atoms with Gasteiger partial charge >= 0.3 is 0 Å². The van der Waals surface area contributed by atoms with Gasteiger partial charge in [-0.3, -0.25) is 9.71 Å². The number of nitrogens with one attached hydrogen (secondary N) is 2. The number of sulfonamides is 1. The van der Waals surface area contributed by atoms with E-state index in [1.807, 2.05) is 6.07 Å². The van der Waals surface area contributed by atoms with E-state index in [2.05, 4.69) is 25.0 Å². The third-order valence-electron chi connectivity index (χ3n) is 4.36. The lowest BCUT2D eigenvalue weighted by molar-refractivity contribution is 0.395. The van der Waals surface area contributed by atoms with Crippen LogP contribution in [0.25, 0.3) is 11.0 Å². The number of hydrogen-bond acceptors (Lipinski definition) is 8. The van der Waals surface area contributed by atoms with Crippen LogP contribution >= 0.6 is 0 Å². The van der Waals surface area contributed by atoms with Crippen LogP contribution in [0.1, 0.15) is 0 Å². The molecule has 0 fully saturated rings. The summed E-state index contributed by atoms with van der Waals surface area (Å²) in [5.74, 6) is 1.40. The zero-order valence-corrected chi connectivity index (χ0v) is 17.6. The number of aromatic nitrogens is 3. The molecule has 0 amide bonds. The molecule has 0 aliphatic rings. The summed E-state index contributed by atoms with van der Waals surface area (Å²) in [6.07, 6.45) is 2.76. The Bertz CT molecular complexity index is 1310. The Morgan fingerprint density at radius 1 is 0.839 bits per heavy atom. The lowest BCUT2D eigenvalue weighted by Gasteiger charge is -2.15. The first kappa shape index (κ1) is 20.4. The first-order valence-corrected chi connectivity index (χ1v) is 10.7. The number of rotatable bonds is 7. The molecule has 4 rings (SSSR count). The van der Waals surface area contributed by atoms with Crippen molar-refractivity contribution in [1.82, 2.24) is 15.0 Å². The van der Waals surface area contributed by atoms with E-state index >= 15 is 0 Å². The van der Waals surface area contributed by atoms with Crippen molar-refractivity contribution < 1.29 is 17.9 Å². The van der Waals surface area contributed by atoms with Crippen molar-refractivity contribution in [3.05, 3.63) is 67.0 Å². The first-order chi connectivity index (χ1) is 15.0. The minimum Gasteiger partial charge on any atom is -0.497 e. The Kier molecular flexibility index (Phi) is 5.54. The van der Waals surface area contributed by atoms with Crippen LogP contribution in [0.4, 0.5) is 17.3 Å². The van der Waals surface area contributed by atoms with Crippen LogP contribution in [0.15, 0.2) is 71.9 Å². The van der Waals surface area contributed by atoms with Gasteiger partial charge in [0.2, 0.25) is 0 Å². The summed E-state index contributed by atoms with van der Waals surface area (Å²) in [4.78, 5) is 12.9. The molecule has 0 atom stereocenters. The molecule has 158 valence electrons. The molecule has 0 saturated carbocycles. The number of anilines is 3. The number of pyridine rings is 1. The molecule has 2 aromatic carbocycles. The summed E-state index contributed by atoms with van der Waals surface area (Å²) in [5.41, 5.74) is 1.73. The van der Waals surface area contributed by atoms with Gasteiger partial charge in [0, 0.05) is 36.3 Å². The Morgan fingerprint density at radius 3 is 2.06 bits per heavy atom. The number of hydrogen-bond donors (Lipinski definition) is 2. The van der Waals surface area contributed by atoms with E-state index in [0.717, 1.165) is 0 Å². The summed E-state index contributed by atoms with van der Waals surface area (Å²) >= 11 is 0. The maximum Gasteiger partial charge on any atom is 0.264 e. The van der Waals surface area contributed by atoms with E-state index in [0.29, 0.717) is 28.2 Å². The minimum absolute atomic E-state index is 0.0129. The highest BCUT2D eigenvalue weighted by Crippen LogP contribution is 2.31.